The molecule has 3 rings (SSSR count). The van der Waals surface area contributed by atoms with E-state index in [0.29, 0.717) is 12.1 Å². The summed E-state index contributed by atoms with van der Waals surface area (Å²) >= 11 is 0. The van der Waals surface area contributed by atoms with Gasteiger partial charge in [0.05, 0.1) is 18.3 Å². The van der Waals surface area contributed by atoms with Gasteiger partial charge in [0, 0.05) is 24.6 Å². The Morgan fingerprint density at radius 3 is 2.53 bits per heavy atom. The van der Waals surface area contributed by atoms with Crippen LogP contribution in [0.1, 0.15) is 24.0 Å². The third kappa shape index (κ3) is 2.38. The Morgan fingerprint density at radius 2 is 1.89 bits per heavy atom. The molecule has 0 aliphatic heterocycles. The Labute approximate surface area is 110 Å². The van der Waals surface area contributed by atoms with Crippen LogP contribution in [0.15, 0.2) is 42.7 Å². The van der Waals surface area contributed by atoms with Gasteiger partial charge in [-0.3, -0.25) is 4.68 Å². The van der Waals surface area contributed by atoms with E-state index in [1.165, 1.54) is 0 Å². The summed E-state index contributed by atoms with van der Waals surface area (Å²) in [5, 5.41) is 4.20. The SMILES string of the molecule is NC1(c2cnn(Cc3ccccc3)c2)CC(F)(F)C1. The van der Waals surface area contributed by atoms with Crippen molar-refractivity contribution in [2.45, 2.75) is 30.8 Å². The number of nitrogens with two attached hydrogens (primary N) is 1. The molecule has 0 radical (unpaired) electrons. The fraction of sp³-hybridized carbons (Fsp3) is 0.357. The summed E-state index contributed by atoms with van der Waals surface area (Å²) in [5.41, 5.74) is 6.86. The van der Waals surface area contributed by atoms with E-state index in [2.05, 4.69) is 5.10 Å². The molecular formula is C14H15F2N3. The van der Waals surface area contributed by atoms with Gasteiger partial charge in [-0.05, 0) is 5.56 Å². The molecule has 3 nitrogen and oxygen atoms in total. The lowest BCUT2D eigenvalue weighted by molar-refractivity contribution is -0.125. The highest BCUT2D eigenvalue weighted by atomic mass is 19.3. The van der Waals surface area contributed by atoms with Crippen LogP contribution in [0, 0.1) is 0 Å². The average Bonchev–Trinajstić information content (AvgIpc) is 2.77. The molecule has 100 valence electrons. The molecule has 0 atom stereocenters. The van der Waals surface area contributed by atoms with Crippen LogP contribution in [0.5, 0.6) is 0 Å². The Hall–Kier alpha value is -1.75. The van der Waals surface area contributed by atoms with Gasteiger partial charge in [0.1, 0.15) is 0 Å². The molecule has 5 heteroatoms. The highest BCUT2D eigenvalue weighted by molar-refractivity contribution is 5.25. The second-order valence-corrected chi connectivity index (χ2v) is 5.28. The van der Waals surface area contributed by atoms with E-state index in [1.54, 1.807) is 17.1 Å². The fourth-order valence-electron chi connectivity index (χ4n) is 2.55. The minimum absolute atomic E-state index is 0.295. The zero-order chi connectivity index (χ0) is 13.5. The number of benzene rings is 1. The minimum atomic E-state index is -2.63. The zero-order valence-electron chi connectivity index (χ0n) is 10.4. The van der Waals surface area contributed by atoms with Crippen molar-refractivity contribution in [1.82, 2.24) is 9.78 Å². The molecule has 1 heterocycles. The molecule has 1 aromatic heterocycles. The third-order valence-corrected chi connectivity index (χ3v) is 3.54. The molecule has 1 aliphatic rings. The second-order valence-electron chi connectivity index (χ2n) is 5.28. The van der Waals surface area contributed by atoms with E-state index in [0.717, 1.165) is 5.56 Å². The van der Waals surface area contributed by atoms with Crippen LogP contribution in [-0.4, -0.2) is 15.7 Å². The fourth-order valence-corrected chi connectivity index (χ4v) is 2.55. The molecular weight excluding hydrogens is 248 g/mol. The molecule has 1 fully saturated rings. The van der Waals surface area contributed by atoms with Crippen molar-refractivity contribution in [1.29, 1.82) is 0 Å². The number of aromatic nitrogens is 2. The lowest BCUT2D eigenvalue weighted by Gasteiger charge is -2.43. The molecule has 0 saturated heterocycles. The average molecular weight is 263 g/mol. The van der Waals surface area contributed by atoms with Crippen molar-refractivity contribution >= 4 is 0 Å². The highest BCUT2D eigenvalue weighted by Gasteiger charge is 2.55. The normalized spacial score (nSPS) is 19.9. The summed E-state index contributed by atoms with van der Waals surface area (Å²) in [4.78, 5) is 0. The van der Waals surface area contributed by atoms with Gasteiger partial charge in [-0.1, -0.05) is 30.3 Å². The maximum Gasteiger partial charge on any atom is 0.252 e. The largest absolute Gasteiger partial charge is 0.321 e. The number of halogens is 2. The van der Waals surface area contributed by atoms with Crippen LogP contribution in [0.3, 0.4) is 0 Å². The van der Waals surface area contributed by atoms with Gasteiger partial charge in [0.15, 0.2) is 0 Å². The van der Waals surface area contributed by atoms with Crippen LogP contribution >= 0.6 is 0 Å². The number of nitrogens with zero attached hydrogens (tertiary/aromatic N) is 2. The summed E-state index contributed by atoms with van der Waals surface area (Å²) in [6.07, 6.45) is 2.77. The molecule has 0 amide bonds. The Balaban J connectivity index is 1.74. The lowest BCUT2D eigenvalue weighted by Crippen LogP contribution is -2.55. The smallest absolute Gasteiger partial charge is 0.252 e. The number of alkyl halides is 2. The highest BCUT2D eigenvalue weighted by Crippen LogP contribution is 2.49. The summed E-state index contributed by atoms with van der Waals surface area (Å²) in [6.45, 7) is 0.618. The standard InChI is InChI=1S/C14H15F2N3/c15-14(16)9-13(17,10-14)12-6-18-19(8-12)7-11-4-2-1-3-5-11/h1-6,8H,7,9-10,17H2. The predicted octanol–water partition coefficient (Wildman–Crippen LogP) is 2.51. The van der Waals surface area contributed by atoms with E-state index in [1.807, 2.05) is 30.3 Å². The lowest BCUT2D eigenvalue weighted by atomic mass is 9.71. The van der Waals surface area contributed by atoms with Crippen molar-refractivity contribution in [2.75, 3.05) is 0 Å². The quantitative estimate of drug-likeness (QED) is 0.924. The molecule has 1 saturated carbocycles. The van der Waals surface area contributed by atoms with Crippen molar-refractivity contribution < 1.29 is 8.78 Å². The van der Waals surface area contributed by atoms with Crippen molar-refractivity contribution in [3.63, 3.8) is 0 Å². The molecule has 2 aromatic rings. The first-order valence-corrected chi connectivity index (χ1v) is 6.21. The first-order chi connectivity index (χ1) is 8.97. The zero-order valence-corrected chi connectivity index (χ0v) is 10.4. The summed E-state index contributed by atoms with van der Waals surface area (Å²) < 4.78 is 27.7. The monoisotopic (exact) mass is 263 g/mol. The first-order valence-electron chi connectivity index (χ1n) is 6.21. The van der Waals surface area contributed by atoms with Gasteiger partial charge >= 0.3 is 0 Å². The van der Waals surface area contributed by atoms with E-state index >= 15 is 0 Å². The summed E-state index contributed by atoms with van der Waals surface area (Å²) in [7, 11) is 0. The minimum Gasteiger partial charge on any atom is -0.321 e. The van der Waals surface area contributed by atoms with Crippen LogP contribution < -0.4 is 5.73 Å². The first kappa shape index (κ1) is 12.3. The molecule has 0 unspecified atom stereocenters. The Bertz CT molecular complexity index is 569. The summed E-state index contributed by atoms with van der Waals surface area (Å²) in [5.74, 6) is -2.63. The third-order valence-electron chi connectivity index (χ3n) is 3.54. The number of hydrogen-bond donors (Lipinski definition) is 1. The molecule has 2 N–H and O–H groups in total. The molecule has 1 aliphatic carbocycles. The maximum atomic E-state index is 13.0. The number of hydrogen-bond acceptors (Lipinski definition) is 2. The van der Waals surface area contributed by atoms with Gasteiger partial charge in [0.25, 0.3) is 5.92 Å². The second kappa shape index (κ2) is 4.13. The maximum absolute atomic E-state index is 13.0. The van der Waals surface area contributed by atoms with Crippen LogP contribution in [-0.2, 0) is 12.1 Å². The van der Waals surface area contributed by atoms with Gasteiger partial charge in [-0.15, -0.1) is 0 Å². The van der Waals surface area contributed by atoms with Gasteiger partial charge < -0.3 is 5.73 Å². The molecule has 0 spiro atoms. The van der Waals surface area contributed by atoms with Crippen LogP contribution in [0.2, 0.25) is 0 Å². The van der Waals surface area contributed by atoms with Crippen molar-refractivity contribution in [3.8, 4) is 0 Å². The van der Waals surface area contributed by atoms with E-state index < -0.39 is 11.5 Å². The summed E-state index contributed by atoms with van der Waals surface area (Å²) in [6, 6.07) is 9.85. The Kier molecular flexibility index (Phi) is 2.67. The topological polar surface area (TPSA) is 43.8 Å². The van der Waals surface area contributed by atoms with Gasteiger partial charge in [-0.25, -0.2) is 8.78 Å². The van der Waals surface area contributed by atoms with Crippen LogP contribution in [0.25, 0.3) is 0 Å². The predicted molar refractivity (Wildman–Crippen MR) is 67.8 cm³/mol. The van der Waals surface area contributed by atoms with E-state index in [9.17, 15) is 8.78 Å². The van der Waals surface area contributed by atoms with Gasteiger partial charge in [0.2, 0.25) is 0 Å². The van der Waals surface area contributed by atoms with Crippen molar-refractivity contribution in [2.24, 2.45) is 5.73 Å². The van der Waals surface area contributed by atoms with Gasteiger partial charge in [-0.2, -0.15) is 5.10 Å². The van der Waals surface area contributed by atoms with E-state index in [4.69, 9.17) is 5.73 Å². The number of rotatable bonds is 3. The molecule has 19 heavy (non-hydrogen) atoms. The molecule has 0 bridgehead atoms. The van der Waals surface area contributed by atoms with E-state index in [-0.39, 0.29) is 12.8 Å². The van der Waals surface area contributed by atoms with Crippen LogP contribution in [0.4, 0.5) is 8.78 Å². The van der Waals surface area contributed by atoms with Crippen molar-refractivity contribution in [3.05, 3.63) is 53.9 Å². The Morgan fingerprint density at radius 1 is 1.21 bits per heavy atom. The molecule has 1 aromatic carbocycles.